The minimum absolute atomic E-state index is 0.0793. The highest BCUT2D eigenvalue weighted by Crippen LogP contribution is 2.52. The molecule has 2 aromatic rings. The van der Waals surface area contributed by atoms with Crippen LogP contribution in [0, 0.1) is 23.7 Å². The number of nitriles is 1. The standard InChI is InChI=1S/C22H25N5OS3/c1-11(2)30-21-26-25-20(31-21)27-14-8-22(4,5)9-15(28)17(14)16(13(10-23)19(27)24)18-12(3)6-7-29-18/h6-7,11,16H,8-9,24H2,1-5H3/t16-/m1/s1. The third-order valence-electron chi connectivity index (χ3n) is 5.47. The fraction of sp³-hybridized carbons (Fsp3) is 0.455. The third kappa shape index (κ3) is 3.93. The molecule has 9 heteroatoms. The first kappa shape index (κ1) is 22.1. The Morgan fingerprint density at radius 1 is 1.35 bits per heavy atom. The third-order valence-corrected chi connectivity index (χ3v) is 8.55. The zero-order valence-corrected chi connectivity index (χ0v) is 20.7. The van der Waals surface area contributed by atoms with Gasteiger partial charge in [0.1, 0.15) is 5.82 Å². The van der Waals surface area contributed by atoms with E-state index in [2.05, 4.69) is 44.0 Å². The summed E-state index contributed by atoms with van der Waals surface area (Å²) in [6.45, 7) is 10.4. The summed E-state index contributed by atoms with van der Waals surface area (Å²) in [5, 5.41) is 21.8. The average molecular weight is 472 g/mol. The van der Waals surface area contributed by atoms with Crippen LogP contribution in [0.2, 0.25) is 0 Å². The lowest BCUT2D eigenvalue weighted by molar-refractivity contribution is -0.118. The van der Waals surface area contributed by atoms with Gasteiger partial charge in [-0.25, -0.2) is 0 Å². The SMILES string of the molecule is Cc1ccsc1[C@@H]1C(C#N)=C(N)N(c2nnc(SC(C)C)s2)C2=C1C(=O)CC(C)(C)C2. The number of nitrogens with two attached hydrogens (primary N) is 1. The summed E-state index contributed by atoms with van der Waals surface area (Å²) in [4.78, 5) is 16.3. The Bertz CT molecular complexity index is 1150. The topological polar surface area (TPSA) is 95.9 Å². The number of ketones is 1. The van der Waals surface area contributed by atoms with Gasteiger partial charge in [0.2, 0.25) is 5.13 Å². The summed E-state index contributed by atoms with van der Waals surface area (Å²) in [5.41, 5.74) is 9.45. The number of carbonyl (C=O) groups excluding carboxylic acids is 1. The smallest absolute Gasteiger partial charge is 0.219 e. The molecule has 0 radical (unpaired) electrons. The molecule has 1 aliphatic carbocycles. The molecule has 6 nitrogen and oxygen atoms in total. The molecule has 0 spiro atoms. The second-order valence-corrected chi connectivity index (χ2v) is 12.7. The molecule has 3 heterocycles. The number of rotatable bonds is 4. The predicted octanol–water partition coefficient (Wildman–Crippen LogP) is 5.35. The number of aromatic nitrogens is 2. The molecule has 162 valence electrons. The van der Waals surface area contributed by atoms with E-state index in [0.29, 0.717) is 40.2 Å². The van der Waals surface area contributed by atoms with Gasteiger partial charge in [-0.3, -0.25) is 9.69 Å². The maximum Gasteiger partial charge on any atom is 0.219 e. The van der Waals surface area contributed by atoms with E-state index in [4.69, 9.17) is 5.73 Å². The Balaban J connectivity index is 1.93. The quantitative estimate of drug-likeness (QED) is 0.600. The van der Waals surface area contributed by atoms with E-state index in [1.54, 1.807) is 23.1 Å². The Kier molecular flexibility index (Phi) is 5.75. The molecule has 0 saturated heterocycles. The van der Waals surface area contributed by atoms with Gasteiger partial charge in [0.25, 0.3) is 0 Å². The van der Waals surface area contributed by atoms with E-state index in [0.717, 1.165) is 20.5 Å². The van der Waals surface area contributed by atoms with Gasteiger partial charge in [-0.1, -0.05) is 50.8 Å². The van der Waals surface area contributed by atoms with Gasteiger partial charge >= 0.3 is 0 Å². The summed E-state index contributed by atoms with van der Waals surface area (Å²) in [7, 11) is 0. The number of thiophene rings is 1. The molecule has 31 heavy (non-hydrogen) atoms. The lowest BCUT2D eigenvalue weighted by Gasteiger charge is -2.42. The van der Waals surface area contributed by atoms with Crippen LogP contribution in [0.3, 0.4) is 0 Å². The van der Waals surface area contributed by atoms with Gasteiger partial charge in [0, 0.05) is 27.8 Å². The largest absolute Gasteiger partial charge is 0.384 e. The van der Waals surface area contributed by atoms with E-state index in [9.17, 15) is 10.1 Å². The van der Waals surface area contributed by atoms with Gasteiger partial charge < -0.3 is 5.73 Å². The molecule has 2 aromatic heterocycles. The van der Waals surface area contributed by atoms with Crippen LogP contribution in [0.1, 0.15) is 56.9 Å². The molecule has 0 amide bonds. The van der Waals surface area contributed by atoms with Crippen LogP contribution in [-0.4, -0.2) is 21.2 Å². The van der Waals surface area contributed by atoms with E-state index in [1.807, 2.05) is 23.3 Å². The monoisotopic (exact) mass is 471 g/mol. The molecule has 2 N–H and O–H groups in total. The maximum absolute atomic E-state index is 13.5. The van der Waals surface area contributed by atoms with E-state index in [-0.39, 0.29) is 11.2 Å². The van der Waals surface area contributed by atoms with Gasteiger partial charge in [0.05, 0.1) is 17.6 Å². The van der Waals surface area contributed by atoms with Crippen molar-refractivity contribution in [2.45, 2.75) is 63.0 Å². The number of Topliss-reactive ketones (excluding diaryl/α,β-unsaturated/α-hetero) is 1. The molecule has 1 atom stereocenters. The van der Waals surface area contributed by atoms with Crippen molar-refractivity contribution >= 4 is 45.4 Å². The highest BCUT2D eigenvalue weighted by atomic mass is 32.2. The van der Waals surface area contributed by atoms with Crippen molar-refractivity contribution in [3.05, 3.63) is 44.6 Å². The molecule has 1 aliphatic heterocycles. The summed E-state index contributed by atoms with van der Waals surface area (Å²) >= 11 is 4.65. The average Bonchev–Trinajstić information content (AvgIpc) is 3.28. The molecule has 2 aliphatic rings. The minimum Gasteiger partial charge on any atom is -0.384 e. The molecule has 0 saturated carbocycles. The Morgan fingerprint density at radius 2 is 2.10 bits per heavy atom. The first-order chi connectivity index (χ1) is 14.6. The molecule has 0 bridgehead atoms. The molecular formula is C22H25N5OS3. The van der Waals surface area contributed by atoms with Crippen molar-refractivity contribution in [3.8, 4) is 6.07 Å². The number of allylic oxidation sites excluding steroid dienone is 3. The predicted molar refractivity (Wildman–Crippen MR) is 127 cm³/mol. The van der Waals surface area contributed by atoms with Crippen LogP contribution >= 0.6 is 34.4 Å². The lowest BCUT2D eigenvalue weighted by atomic mass is 9.69. The van der Waals surface area contributed by atoms with Crippen LogP contribution in [0.25, 0.3) is 0 Å². The second-order valence-electron chi connectivity index (χ2n) is 8.97. The maximum atomic E-state index is 13.5. The molecule has 4 rings (SSSR count). The van der Waals surface area contributed by atoms with Crippen LogP contribution in [0.5, 0.6) is 0 Å². The fourth-order valence-corrected chi connectivity index (χ4v) is 7.36. The highest BCUT2D eigenvalue weighted by molar-refractivity contribution is 8.01. The number of nitrogens with zero attached hydrogens (tertiary/aromatic N) is 4. The van der Waals surface area contributed by atoms with Gasteiger partial charge in [0.15, 0.2) is 10.1 Å². The zero-order chi connectivity index (χ0) is 22.5. The van der Waals surface area contributed by atoms with E-state index < -0.39 is 5.92 Å². The molecular weight excluding hydrogens is 446 g/mol. The van der Waals surface area contributed by atoms with Gasteiger partial charge in [-0.15, -0.1) is 21.5 Å². The summed E-state index contributed by atoms with van der Waals surface area (Å²) in [6.07, 6.45) is 1.13. The van der Waals surface area contributed by atoms with Crippen molar-refractivity contribution < 1.29 is 4.79 Å². The van der Waals surface area contributed by atoms with Crippen LogP contribution in [-0.2, 0) is 4.79 Å². The fourth-order valence-electron chi connectivity index (χ4n) is 4.21. The number of aryl methyl sites for hydroxylation is 1. The summed E-state index contributed by atoms with van der Waals surface area (Å²) < 4.78 is 0.844. The first-order valence-corrected chi connectivity index (χ1v) is 12.7. The highest BCUT2D eigenvalue weighted by Gasteiger charge is 2.46. The Labute approximate surface area is 194 Å². The second kappa shape index (κ2) is 8.08. The molecule has 0 aromatic carbocycles. The summed E-state index contributed by atoms with van der Waals surface area (Å²) in [6, 6.07) is 4.34. The Hall–Kier alpha value is -2.15. The number of thioether (sulfide) groups is 1. The normalized spacial score (nSPS) is 21.0. The van der Waals surface area contributed by atoms with E-state index >= 15 is 0 Å². The van der Waals surface area contributed by atoms with Crippen LogP contribution in [0.15, 0.2) is 38.5 Å². The Morgan fingerprint density at radius 3 is 2.71 bits per heavy atom. The molecule has 0 fully saturated rings. The van der Waals surface area contributed by atoms with Crippen molar-refractivity contribution in [2.75, 3.05) is 4.90 Å². The first-order valence-electron chi connectivity index (χ1n) is 10.1. The van der Waals surface area contributed by atoms with Gasteiger partial charge in [-0.05, 0) is 35.8 Å². The molecule has 0 unspecified atom stereocenters. The lowest BCUT2D eigenvalue weighted by Crippen LogP contribution is -2.42. The van der Waals surface area contributed by atoms with Crippen LogP contribution < -0.4 is 10.6 Å². The number of hydrogen-bond acceptors (Lipinski definition) is 9. The van der Waals surface area contributed by atoms with Crippen molar-refractivity contribution in [1.82, 2.24) is 10.2 Å². The van der Waals surface area contributed by atoms with Crippen molar-refractivity contribution in [3.63, 3.8) is 0 Å². The number of hydrogen-bond donors (Lipinski definition) is 1. The minimum atomic E-state index is -0.419. The zero-order valence-electron chi connectivity index (χ0n) is 18.2. The van der Waals surface area contributed by atoms with Gasteiger partial charge in [-0.2, -0.15) is 5.26 Å². The van der Waals surface area contributed by atoms with E-state index in [1.165, 1.54) is 11.3 Å². The number of carbonyl (C=O) groups is 1. The van der Waals surface area contributed by atoms with Crippen LogP contribution in [0.4, 0.5) is 5.13 Å². The van der Waals surface area contributed by atoms with Crippen molar-refractivity contribution in [2.24, 2.45) is 11.1 Å². The number of anilines is 1. The summed E-state index contributed by atoms with van der Waals surface area (Å²) in [5.74, 6) is 0.00896. The van der Waals surface area contributed by atoms with Crippen molar-refractivity contribution in [1.29, 1.82) is 5.26 Å².